The summed E-state index contributed by atoms with van der Waals surface area (Å²) in [7, 11) is 3.35. The van der Waals surface area contributed by atoms with Gasteiger partial charge in [-0.2, -0.15) is 0 Å². The van der Waals surface area contributed by atoms with E-state index in [1.807, 2.05) is 18.2 Å². The molecule has 2 rings (SSSR count). The van der Waals surface area contributed by atoms with Gasteiger partial charge in [0.25, 0.3) is 0 Å². The van der Waals surface area contributed by atoms with Crippen LogP contribution >= 0.6 is 24.8 Å². The zero-order valence-corrected chi connectivity index (χ0v) is 14.1. The highest BCUT2D eigenvalue weighted by molar-refractivity contribution is 5.85. The molecule has 1 fully saturated rings. The van der Waals surface area contributed by atoms with Gasteiger partial charge in [-0.05, 0) is 12.1 Å². The summed E-state index contributed by atoms with van der Waals surface area (Å²) >= 11 is 0. The van der Waals surface area contributed by atoms with E-state index in [0.717, 1.165) is 43.2 Å². The lowest BCUT2D eigenvalue weighted by Crippen LogP contribution is -2.44. The molecule has 0 spiro atoms. The Bertz CT molecular complexity index is 438. The van der Waals surface area contributed by atoms with Gasteiger partial charge >= 0.3 is 0 Å². The number of nitrogens with one attached hydrogen (secondary N) is 1. The number of rotatable bonds is 5. The number of ether oxygens (including phenoxy) is 2. The minimum absolute atomic E-state index is 0. The van der Waals surface area contributed by atoms with Crippen molar-refractivity contribution >= 4 is 24.8 Å². The average Bonchev–Trinajstić information content (AvgIpc) is 2.49. The molecule has 1 aliphatic heterocycles. The average molecular weight is 335 g/mol. The summed E-state index contributed by atoms with van der Waals surface area (Å²) in [5.41, 5.74) is 1.14. The summed E-state index contributed by atoms with van der Waals surface area (Å²) in [5.74, 6) is 1.66. The van der Waals surface area contributed by atoms with Crippen molar-refractivity contribution in [3.05, 3.63) is 36.4 Å². The van der Waals surface area contributed by atoms with Crippen LogP contribution in [0.4, 0.5) is 0 Å². The van der Waals surface area contributed by atoms with Gasteiger partial charge in [0, 0.05) is 37.8 Å². The van der Waals surface area contributed by atoms with Crippen LogP contribution in [0.25, 0.3) is 0 Å². The van der Waals surface area contributed by atoms with Gasteiger partial charge in [-0.25, -0.2) is 0 Å². The SMILES string of the molecule is C=C[C@H](c1ccc(OC)cc1OC)N1CCNCC1.Cl.Cl. The first-order valence-corrected chi connectivity index (χ1v) is 6.59. The third kappa shape index (κ3) is 4.78. The van der Waals surface area contributed by atoms with Crippen LogP contribution in [-0.2, 0) is 0 Å². The van der Waals surface area contributed by atoms with Gasteiger partial charge in [0.05, 0.1) is 20.3 Å². The second kappa shape index (κ2) is 9.90. The van der Waals surface area contributed by atoms with E-state index in [2.05, 4.69) is 22.9 Å². The Balaban J connectivity index is 0.00000200. The van der Waals surface area contributed by atoms with Gasteiger partial charge in [0.1, 0.15) is 11.5 Å². The highest BCUT2D eigenvalue weighted by Crippen LogP contribution is 2.33. The molecule has 4 nitrogen and oxygen atoms in total. The van der Waals surface area contributed by atoms with Crippen molar-refractivity contribution < 1.29 is 9.47 Å². The quantitative estimate of drug-likeness (QED) is 0.839. The van der Waals surface area contributed by atoms with Crippen LogP contribution in [-0.4, -0.2) is 45.3 Å². The molecule has 0 saturated carbocycles. The van der Waals surface area contributed by atoms with Gasteiger partial charge in [0.2, 0.25) is 0 Å². The highest BCUT2D eigenvalue weighted by Gasteiger charge is 2.22. The van der Waals surface area contributed by atoms with E-state index < -0.39 is 0 Å². The number of piperazine rings is 1. The van der Waals surface area contributed by atoms with Crippen molar-refractivity contribution in [2.24, 2.45) is 0 Å². The minimum atomic E-state index is 0. The molecule has 0 aromatic heterocycles. The molecule has 1 saturated heterocycles. The lowest BCUT2D eigenvalue weighted by molar-refractivity contribution is 0.200. The fourth-order valence-corrected chi connectivity index (χ4v) is 2.50. The Labute approximate surface area is 139 Å². The van der Waals surface area contributed by atoms with E-state index in [-0.39, 0.29) is 30.9 Å². The Hall–Kier alpha value is -0.940. The third-order valence-electron chi connectivity index (χ3n) is 3.53. The van der Waals surface area contributed by atoms with Gasteiger partial charge in [-0.1, -0.05) is 6.08 Å². The summed E-state index contributed by atoms with van der Waals surface area (Å²) in [6.45, 7) is 8.05. The van der Waals surface area contributed by atoms with Crippen LogP contribution in [0.3, 0.4) is 0 Å². The van der Waals surface area contributed by atoms with E-state index in [4.69, 9.17) is 9.47 Å². The molecule has 1 N–H and O–H groups in total. The topological polar surface area (TPSA) is 33.7 Å². The molecular formula is C15H24Cl2N2O2. The van der Waals surface area contributed by atoms with Crippen LogP contribution in [0.15, 0.2) is 30.9 Å². The Morgan fingerprint density at radius 3 is 2.38 bits per heavy atom. The fourth-order valence-electron chi connectivity index (χ4n) is 2.50. The van der Waals surface area contributed by atoms with Crippen molar-refractivity contribution in [1.82, 2.24) is 10.2 Å². The van der Waals surface area contributed by atoms with Gasteiger partial charge in [-0.3, -0.25) is 4.90 Å². The summed E-state index contributed by atoms with van der Waals surface area (Å²) in [6, 6.07) is 6.14. The molecule has 0 unspecified atom stereocenters. The Kier molecular flexibility index (Phi) is 9.46. The zero-order chi connectivity index (χ0) is 13.7. The van der Waals surface area contributed by atoms with Gasteiger partial charge < -0.3 is 14.8 Å². The molecule has 1 aromatic carbocycles. The molecule has 0 amide bonds. The minimum Gasteiger partial charge on any atom is -0.497 e. The number of hydrogen-bond acceptors (Lipinski definition) is 4. The molecular weight excluding hydrogens is 311 g/mol. The van der Waals surface area contributed by atoms with E-state index in [9.17, 15) is 0 Å². The maximum Gasteiger partial charge on any atom is 0.127 e. The van der Waals surface area contributed by atoms with Crippen LogP contribution in [0, 0.1) is 0 Å². The summed E-state index contributed by atoms with van der Waals surface area (Å²) < 4.78 is 10.7. The van der Waals surface area contributed by atoms with Crippen molar-refractivity contribution in [2.45, 2.75) is 6.04 Å². The van der Waals surface area contributed by atoms with Gasteiger partial charge in [-0.15, -0.1) is 31.4 Å². The smallest absolute Gasteiger partial charge is 0.127 e. The molecule has 6 heteroatoms. The highest BCUT2D eigenvalue weighted by atomic mass is 35.5. The molecule has 1 aliphatic rings. The Morgan fingerprint density at radius 1 is 1.19 bits per heavy atom. The second-order valence-electron chi connectivity index (χ2n) is 4.57. The predicted molar refractivity (Wildman–Crippen MR) is 91.4 cm³/mol. The van der Waals surface area contributed by atoms with E-state index in [1.165, 1.54) is 0 Å². The molecule has 0 aliphatic carbocycles. The predicted octanol–water partition coefficient (Wildman–Crippen LogP) is 2.68. The molecule has 1 heterocycles. The van der Waals surface area contributed by atoms with Crippen molar-refractivity contribution in [3.8, 4) is 11.5 Å². The monoisotopic (exact) mass is 334 g/mol. The number of methoxy groups -OCH3 is 2. The zero-order valence-electron chi connectivity index (χ0n) is 12.5. The second-order valence-corrected chi connectivity index (χ2v) is 4.57. The molecule has 1 atom stereocenters. The molecule has 1 aromatic rings. The summed E-state index contributed by atoms with van der Waals surface area (Å²) in [6.07, 6.45) is 1.98. The number of benzene rings is 1. The van der Waals surface area contributed by atoms with Crippen molar-refractivity contribution in [1.29, 1.82) is 0 Å². The number of halogens is 2. The summed E-state index contributed by atoms with van der Waals surface area (Å²) in [5, 5.41) is 3.36. The third-order valence-corrected chi connectivity index (χ3v) is 3.53. The summed E-state index contributed by atoms with van der Waals surface area (Å²) in [4.78, 5) is 2.41. The van der Waals surface area contributed by atoms with Crippen LogP contribution in [0.1, 0.15) is 11.6 Å². The van der Waals surface area contributed by atoms with Crippen molar-refractivity contribution in [2.75, 3.05) is 40.4 Å². The number of nitrogens with zero attached hydrogens (tertiary/aromatic N) is 1. The molecule has 120 valence electrons. The standard InChI is InChI=1S/C15H22N2O2.2ClH/c1-4-14(17-9-7-16-8-10-17)13-6-5-12(18-2)11-15(13)19-3;;/h4-6,11,14,16H,1,7-10H2,2-3H3;2*1H/t14-;;/m1../s1. The van der Waals surface area contributed by atoms with E-state index in [0.29, 0.717) is 0 Å². The normalized spacial score (nSPS) is 16.1. The van der Waals surface area contributed by atoms with E-state index in [1.54, 1.807) is 14.2 Å². The largest absolute Gasteiger partial charge is 0.497 e. The first-order chi connectivity index (χ1) is 9.30. The van der Waals surface area contributed by atoms with Crippen LogP contribution in [0.2, 0.25) is 0 Å². The van der Waals surface area contributed by atoms with Crippen LogP contribution in [0.5, 0.6) is 11.5 Å². The maximum absolute atomic E-state index is 5.49. The maximum atomic E-state index is 5.49. The lowest BCUT2D eigenvalue weighted by atomic mass is 10.0. The first kappa shape index (κ1) is 20.1. The Morgan fingerprint density at radius 2 is 1.86 bits per heavy atom. The molecule has 0 bridgehead atoms. The number of hydrogen-bond donors (Lipinski definition) is 1. The van der Waals surface area contributed by atoms with Gasteiger partial charge in [0.15, 0.2) is 0 Å². The molecule has 0 radical (unpaired) electrons. The van der Waals surface area contributed by atoms with E-state index >= 15 is 0 Å². The first-order valence-electron chi connectivity index (χ1n) is 6.59. The fraction of sp³-hybridized carbons (Fsp3) is 0.467. The lowest BCUT2D eigenvalue weighted by Gasteiger charge is -2.34. The van der Waals surface area contributed by atoms with Crippen molar-refractivity contribution in [3.63, 3.8) is 0 Å². The molecule has 21 heavy (non-hydrogen) atoms. The van der Waals surface area contributed by atoms with Crippen LogP contribution < -0.4 is 14.8 Å².